The number of pyridine rings is 1. The van der Waals surface area contributed by atoms with Crippen LogP contribution in [0.4, 0.5) is 19.7 Å². The van der Waals surface area contributed by atoms with Crippen molar-refractivity contribution < 1.29 is 8.78 Å². The van der Waals surface area contributed by atoms with Crippen molar-refractivity contribution in [3.05, 3.63) is 33.9 Å². The van der Waals surface area contributed by atoms with Gasteiger partial charge in [-0.1, -0.05) is 0 Å². The Balaban J connectivity index is 2.14. The van der Waals surface area contributed by atoms with E-state index < -0.39 is 5.92 Å². The number of rotatable bonds is 3. The van der Waals surface area contributed by atoms with Crippen molar-refractivity contribution in [3.8, 4) is 0 Å². The minimum absolute atomic E-state index is 0.234. The molecule has 0 aliphatic rings. The first-order chi connectivity index (χ1) is 7.95. The molecular weight excluding hydrogens is 312 g/mol. The molecule has 0 saturated carbocycles. The van der Waals surface area contributed by atoms with Crippen LogP contribution in [0.3, 0.4) is 0 Å². The monoisotopic (exact) mass is 319 g/mol. The summed E-state index contributed by atoms with van der Waals surface area (Å²) in [6.45, 7) is 0.823. The molecule has 0 spiro atoms. The lowest BCUT2D eigenvalue weighted by Gasteiger charge is -2.05. The van der Waals surface area contributed by atoms with Gasteiger partial charge in [0.15, 0.2) is 5.13 Å². The van der Waals surface area contributed by atoms with Gasteiger partial charge in [-0.2, -0.15) is 8.78 Å². The van der Waals surface area contributed by atoms with E-state index in [1.807, 2.05) is 0 Å². The van der Waals surface area contributed by atoms with E-state index in [1.165, 1.54) is 5.38 Å². The van der Waals surface area contributed by atoms with Gasteiger partial charge in [0.25, 0.3) is 5.92 Å². The molecule has 1 N–H and O–H groups in total. The first kappa shape index (κ1) is 12.4. The molecule has 2 aromatic heterocycles. The van der Waals surface area contributed by atoms with Crippen molar-refractivity contribution in [3.63, 3.8) is 0 Å². The molecule has 0 amide bonds. The zero-order chi connectivity index (χ0) is 12.5. The number of thiazole rings is 1. The summed E-state index contributed by atoms with van der Waals surface area (Å²) in [6.07, 6.45) is 1.62. The van der Waals surface area contributed by atoms with Gasteiger partial charge in [0.05, 0.1) is 0 Å². The Bertz CT molecular complexity index is 507. The summed E-state index contributed by atoms with van der Waals surface area (Å²) in [5.74, 6) is -2.35. The second-order valence-corrected chi connectivity index (χ2v) is 5.19. The van der Waals surface area contributed by atoms with Crippen LogP contribution in [0.2, 0.25) is 0 Å². The van der Waals surface area contributed by atoms with Crippen LogP contribution >= 0.6 is 27.3 Å². The van der Waals surface area contributed by atoms with E-state index >= 15 is 0 Å². The summed E-state index contributed by atoms with van der Waals surface area (Å²) in [5, 5.41) is 4.60. The SMILES string of the molecule is CC(F)(F)c1csc(Nc2ccc(Br)cn2)n1. The van der Waals surface area contributed by atoms with Crippen LogP contribution in [0.1, 0.15) is 12.6 Å². The maximum absolute atomic E-state index is 13.0. The summed E-state index contributed by atoms with van der Waals surface area (Å²) in [4.78, 5) is 7.87. The van der Waals surface area contributed by atoms with E-state index in [-0.39, 0.29) is 5.69 Å². The van der Waals surface area contributed by atoms with Crippen LogP contribution < -0.4 is 5.32 Å². The zero-order valence-corrected chi connectivity index (χ0v) is 11.1. The van der Waals surface area contributed by atoms with Crippen LogP contribution in [0, 0.1) is 0 Å². The molecule has 0 atom stereocenters. The second-order valence-electron chi connectivity index (χ2n) is 3.41. The first-order valence-corrected chi connectivity index (χ1v) is 6.35. The van der Waals surface area contributed by atoms with E-state index in [0.717, 1.165) is 22.7 Å². The second kappa shape index (κ2) is 4.66. The molecule has 0 bridgehead atoms. The molecule has 2 aromatic rings. The quantitative estimate of drug-likeness (QED) is 0.923. The molecule has 7 heteroatoms. The molecule has 2 rings (SSSR count). The average molecular weight is 320 g/mol. The largest absolute Gasteiger partial charge is 0.316 e. The number of halogens is 3. The Hall–Kier alpha value is -1.08. The number of aromatic nitrogens is 2. The lowest BCUT2D eigenvalue weighted by molar-refractivity contribution is 0.0135. The van der Waals surface area contributed by atoms with Crippen molar-refractivity contribution in [2.24, 2.45) is 0 Å². The van der Waals surface area contributed by atoms with Gasteiger partial charge < -0.3 is 5.32 Å². The zero-order valence-electron chi connectivity index (χ0n) is 8.75. The topological polar surface area (TPSA) is 37.8 Å². The molecule has 0 aromatic carbocycles. The van der Waals surface area contributed by atoms with E-state index in [9.17, 15) is 8.78 Å². The Morgan fingerprint density at radius 2 is 2.18 bits per heavy atom. The minimum Gasteiger partial charge on any atom is -0.316 e. The molecule has 90 valence electrons. The van der Waals surface area contributed by atoms with Gasteiger partial charge in [0, 0.05) is 23.0 Å². The van der Waals surface area contributed by atoms with Gasteiger partial charge >= 0.3 is 0 Å². The maximum atomic E-state index is 13.0. The summed E-state index contributed by atoms with van der Waals surface area (Å²) in [5.41, 5.74) is -0.234. The van der Waals surface area contributed by atoms with Gasteiger partial charge in [-0.15, -0.1) is 11.3 Å². The number of nitrogens with one attached hydrogen (secondary N) is 1. The highest BCUT2D eigenvalue weighted by atomic mass is 79.9. The summed E-state index contributed by atoms with van der Waals surface area (Å²) in [7, 11) is 0. The number of anilines is 2. The smallest absolute Gasteiger partial charge is 0.287 e. The summed E-state index contributed by atoms with van der Waals surface area (Å²) in [6, 6.07) is 3.54. The molecule has 0 aliphatic heterocycles. The van der Waals surface area contributed by atoms with Crippen LogP contribution in [0.5, 0.6) is 0 Å². The Labute approximate surface area is 109 Å². The standard InChI is InChI=1S/C10H8BrF2N3S/c1-10(12,13)7-5-17-9(15-7)16-8-3-2-6(11)4-14-8/h2-5H,1H3,(H,14,15,16). The number of alkyl halides is 2. The van der Waals surface area contributed by atoms with Crippen LogP contribution in [0.15, 0.2) is 28.2 Å². The highest BCUT2D eigenvalue weighted by molar-refractivity contribution is 9.10. The van der Waals surface area contributed by atoms with Gasteiger partial charge in [-0.05, 0) is 28.1 Å². The summed E-state index contributed by atoms with van der Waals surface area (Å²) >= 11 is 4.38. The van der Waals surface area contributed by atoms with Crippen molar-refractivity contribution in [1.82, 2.24) is 9.97 Å². The Morgan fingerprint density at radius 1 is 1.41 bits per heavy atom. The molecule has 0 fully saturated rings. The lowest BCUT2D eigenvalue weighted by Crippen LogP contribution is -2.07. The van der Waals surface area contributed by atoms with E-state index in [2.05, 4.69) is 31.2 Å². The third-order valence-corrected chi connectivity index (χ3v) is 3.14. The van der Waals surface area contributed by atoms with Crippen molar-refractivity contribution >= 4 is 38.2 Å². The van der Waals surface area contributed by atoms with Gasteiger partial charge in [-0.25, -0.2) is 9.97 Å². The molecule has 3 nitrogen and oxygen atoms in total. The number of hydrogen-bond donors (Lipinski definition) is 1. The third-order valence-electron chi connectivity index (χ3n) is 1.92. The maximum Gasteiger partial charge on any atom is 0.287 e. The predicted molar refractivity (Wildman–Crippen MR) is 66.9 cm³/mol. The lowest BCUT2D eigenvalue weighted by atomic mass is 10.3. The van der Waals surface area contributed by atoms with E-state index in [0.29, 0.717) is 10.9 Å². The van der Waals surface area contributed by atoms with E-state index in [4.69, 9.17) is 0 Å². The van der Waals surface area contributed by atoms with Crippen molar-refractivity contribution in [2.75, 3.05) is 5.32 Å². The molecule has 0 unspecified atom stereocenters. The van der Waals surface area contributed by atoms with Crippen LogP contribution in [-0.2, 0) is 5.92 Å². The molecule has 0 saturated heterocycles. The first-order valence-electron chi connectivity index (χ1n) is 4.67. The highest BCUT2D eigenvalue weighted by Crippen LogP contribution is 2.30. The van der Waals surface area contributed by atoms with Gasteiger partial charge in [-0.3, -0.25) is 0 Å². The minimum atomic E-state index is -2.91. The van der Waals surface area contributed by atoms with Crippen molar-refractivity contribution in [1.29, 1.82) is 0 Å². The fourth-order valence-corrected chi connectivity index (χ4v) is 2.12. The third kappa shape index (κ3) is 3.19. The van der Waals surface area contributed by atoms with Gasteiger partial charge in [0.2, 0.25) is 0 Å². The summed E-state index contributed by atoms with van der Waals surface area (Å²) < 4.78 is 26.8. The van der Waals surface area contributed by atoms with E-state index in [1.54, 1.807) is 18.3 Å². The molecule has 0 radical (unpaired) electrons. The molecule has 2 heterocycles. The normalized spacial score (nSPS) is 11.5. The van der Waals surface area contributed by atoms with Crippen LogP contribution in [0.25, 0.3) is 0 Å². The van der Waals surface area contributed by atoms with Crippen molar-refractivity contribution in [2.45, 2.75) is 12.8 Å². The Morgan fingerprint density at radius 3 is 2.71 bits per heavy atom. The highest BCUT2D eigenvalue weighted by Gasteiger charge is 2.27. The number of hydrogen-bond acceptors (Lipinski definition) is 4. The van der Waals surface area contributed by atoms with Crippen LogP contribution in [-0.4, -0.2) is 9.97 Å². The fourth-order valence-electron chi connectivity index (χ4n) is 1.09. The predicted octanol–water partition coefficient (Wildman–Crippen LogP) is 4.16. The average Bonchev–Trinajstić information content (AvgIpc) is 2.69. The molecule has 17 heavy (non-hydrogen) atoms. The number of nitrogens with zero attached hydrogens (tertiary/aromatic N) is 2. The fraction of sp³-hybridized carbons (Fsp3) is 0.200. The Kier molecular flexibility index (Phi) is 3.39. The molecular formula is C10H8BrF2N3S. The molecule has 0 aliphatic carbocycles. The van der Waals surface area contributed by atoms with Gasteiger partial charge in [0.1, 0.15) is 11.5 Å².